The van der Waals surface area contributed by atoms with Gasteiger partial charge in [-0.2, -0.15) is 9.97 Å². The molecule has 254 valence electrons. The molecule has 4 aromatic rings. The zero-order valence-corrected chi connectivity index (χ0v) is 27.9. The van der Waals surface area contributed by atoms with E-state index in [2.05, 4.69) is 33.0 Å². The van der Waals surface area contributed by atoms with Crippen molar-refractivity contribution in [3.63, 3.8) is 0 Å². The van der Waals surface area contributed by atoms with E-state index in [0.29, 0.717) is 51.6 Å². The zero-order valence-electron chi connectivity index (χ0n) is 27.9. The highest BCUT2D eigenvalue weighted by Crippen LogP contribution is 2.49. The van der Waals surface area contributed by atoms with Crippen molar-refractivity contribution in [2.24, 2.45) is 10.8 Å². The summed E-state index contributed by atoms with van der Waals surface area (Å²) in [7, 11) is 2.22. The number of rotatable bonds is 7. The molecule has 5 fully saturated rings. The molecule has 10 heteroatoms. The Labute approximate surface area is 285 Å². The lowest BCUT2D eigenvalue weighted by Crippen LogP contribution is -2.51. The van der Waals surface area contributed by atoms with E-state index in [1.165, 1.54) is 44.1 Å². The molecule has 1 aromatic heterocycles. The van der Waals surface area contributed by atoms with Gasteiger partial charge in [-0.25, -0.2) is 8.78 Å². The van der Waals surface area contributed by atoms with Crippen LogP contribution in [0.5, 0.6) is 11.8 Å². The molecule has 8 nitrogen and oxygen atoms in total. The predicted molar refractivity (Wildman–Crippen MR) is 187 cm³/mol. The zero-order chi connectivity index (χ0) is 33.5. The first-order valence-electron chi connectivity index (χ1n) is 17.7. The first kappa shape index (κ1) is 31.0. The molecule has 3 unspecified atom stereocenters. The molecule has 2 N–H and O–H groups in total. The molecule has 1 aliphatic carbocycles. The number of halogens is 2. The lowest BCUT2D eigenvalue weighted by Gasteiger charge is -2.34. The van der Waals surface area contributed by atoms with Crippen molar-refractivity contribution in [3.05, 3.63) is 53.6 Å². The van der Waals surface area contributed by atoms with Crippen molar-refractivity contribution in [2.75, 3.05) is 64.4 Å². The second kappa shape index (κ2) is 11.5. The van der Waals surface area contributed by atoms with E-state index < -0.39 is 11.6 Å². The summed E-state index contributed by atoms with van der Waals surface area (Å²) >= 11 is 0. The first-order chi connectivity index (χ1) is 23.7. The van der Waals surface area contributed by atoms with Crippen LogP contribution in [0.25, 0.3) is 32.8 Å². The first-order valence-corrected chi connectivity index (χ1v) is 17.7. The minimum atomic E-state index is -0.590. The average molecular weight is 665 g/mol. The SMILES string of the molecule is C#Cc1c(F)ccc2cc(O)cc(-c3ccc4c(N5CC6CCC(C5)N6)nc(OCC5(CN6CCC7(CCN(C)C7)C6)CC5)nc4c3F)c12. The van der Waals surface area contributed by atoms with E-state index >= 15 is 4.39 Å². The molecule has 2 bridgehead atoms. The van der Waals surface area contributed by atoms with Crippen molar-refractivity contribution in [1.29, 1.82) is 0 Å². The van der Waals surface area contributed by atoms with Gasteiger partial charge in [0.1, 0.15) is 22.9 Å². The van der Waals surface area contributed by atoms with Gasteiger partial charge in [-0.15, -0.1) is 6.42 Å². The van der Waals surface area contributed by atoms with Gasteiger partial charge in [0.25, 0.3) is 0 Å². The summed E-state index contributed by atoms with van der Waals surface area (Å²) < 4.78 is 38.3. The van der Waals surface area contributed by atoms with Crippen molar-refractivity contribution in [1.82, 2.24) is 25.1 Å². The minimum Gasteiger partial charge on any atom is -0.508 e. The van der Waals surface area contributed by atoms with Crippen molar-refractivity contribution in [2.45, 2.75) is 50.6 Å². The van der Waals surface area contributed by atoms with Crippen molar-refractivity contribution >= 4 is 27.5 Å². The van der Waals surface area contributed by atoms with Gasteiger partial charge >= 0.3 is 6.01 Å². The van der Waals surface area contributed by atoms with Gasteiger partial charge in [-0.1, -0.05) is 18.1 Å². The Balaban J connectivity index is 1.08. The fourth-order valence-electron chi connectivity index (χ4n) is 9.26. The summed E-state index contributed by atoms with van der Waals surface area (Å²) in [4.78, 5) is 17.0. The molecule has 1 saturated carbocycles. The molecule has 1 spiro atoms. The van der Waals surface area contributed by atoms with Gasteiger partial charge in [-0.3, -0.25) is 0 Å². The summed E-state index contributed by atoms with van der Waals surface area (Å²) in [6.07, 6.45) is 12.7. The van der Waals surface area contributed by atoms with Crippen LogP contribution in [-0.4, -0.2) is 96.4 Å². The predicted octanol–water partition coefficient (Wildman–Crippen LogP) is 5.54. The molecule has 4 aliphatic heterocycles. The number of ether oxygens (including phenoxy) is 1. The van der Waals surface area contributed by atoms with Gasteiger partial charge in [0.05, 0.1) is 12.2 Å². The number of nitrogens with one attached hydrogen (secondary N) is 1. The van der Waals surface area contributed by atoms with Crippen LogP contribution in [0.3, 0.4) is 0 Å². The van der Waals surface area contributed by atoms with Crippen LogP contribution in [0.2, 0.25) is 0 Å². The highest BCUT2D eigenvalue weighted by molar-refractivity contribution is 6.04. The number of nitrogens with zero attached hydrogens (tertiary/aromatic N) is 5. The van der Waals surface area contributed by atoms with E-state index in [-0.39, 0.29) is 33.8 Å². The quantitative estimate of drug-likeness (QED) is 0.250. The molecule has 5 aliphatic rings. The standard InChI is InChI=1S/C39H42F2N6O2/c1-3-28-32(40)9-4-24-16-27(48)17-31(33(24)28)29-7-8-30-35(34(29)41)43-37(44-36(30)47-18-25-5-6-26(19-47)42-25)49-23-39(10-11-39)22-46-15-13-38(21-46)12-14-45(2)20-38/h1,4,7-9,16-17,25-26,42,48H,5-6,10-15,18-23H2,2H3. The molecule has 49 heavy (non-hydrogen) atoms. The van der Waals surface area contributed by atoms with Crippen LogP contribution in [0.15, 0.2) is 36.4 Å². The van der Waals surface area contributed by atoms with Crippen molar-refractivity contribution in [3.8, 4) is 35.2 Å². The number of terminal acetylenes is 1. The highest BCUT2D eigenvalue weighted by Gasteiger charge is 2.49. The monoisotopic (exact) mass is 664 g/mol. The van der Waals surface area contributed by atoms with E-state index in [0.717, 1.165) is 58.4 Å². The molecular weight excluding hydrogens is 622 g/mol. The number of fused-ring (bicyclic) bond motifs is 4. The Morgan fingerprint density at radius 1 is 1.00 bits per heavy atom. The number of phenolic OH excluding ortho intramolecular Hbond substituents is 1. The van der Waals surface area contributed by atoms with E-state index in [4.69, 9.17) is 21.1 Å². The third-order valence-electron chi connectivity index (χ3n) is 11.9. The molecule has 0 radical (unpaired) electrons. The Morgan fingerprint density at radius 3 is 2.53 bits per heavy atom. The molecule has 3 atom stereocenters. The second-order valence-electron chi connectivity index (χ2n) is 15.6. The normalized spacial score (nSPS) is 26.3. The summed E-state index contributed by atoms with van der Waals surface area (Å²) in [5.41, 5.74) is 1.11. The Kier molecular flexibility index (Phi) is 7.28. The fourth-order valence-corrected chi connectivity index (χ4v) is 9.26. The number of hydrogen-bond acceptors (Lipinski definition) is 8. The van der Waals surface area contributed by atoms with Crippen LogP contribution in [0.1, 0.15) is 44.1 Å². The summed E-state index contributed by atoms with van der Waals surface area (Å²) in [6.45, 7) is 7.64. The largest absolute Gasteiger partial charge is 0.508 e. The van der Waals surface area contributed by atoms with Crippen LogP contribution in [0, 0.1) is 34.8 Å². The topological polar surface area (TPSA) is 77.0 Å². The lowest BCUT2D eigenvalue weighted by atomic mass is 9.86. The smallest absolute Gasteiger partial charge is 0.319 e. The Morgan fingerprint density at radius 2 is 1.80 bits per heavy atom. The van der Waals surface area contributed by atoms with Gasteiger partial charge in [-0.05, 0) is 99.3 Å². The molecule has 4 saturated heterocycles. The average Bonchev–Trinajstić information content (AvgIpc) is 3.39. The van der Waals surface area contributed by atoms with Crippen LogP contribution < -0.4 is 15.0 Å². The van der Waals surface area contributed by atoms with Gasteiger partial charge < -0.3 is 29.9 Å². The molecule has 3 aromatic carbocycles. The second-order valence-corrected chi connectivity index (χ2v) is 15.6. The van der Waals surface area contributed by atoms with Crippen LogP contribution in [-0.2, 0) is 0 Å². The number of aromatic nitrogens is 2. The third-order valence-corrected chi connectivity index (χ3v) is 11.9. The molecule has 0 amide bonds. The maximum atomic E-state index is 17.0. The van der Waals surface area contributed by atoms with Crippen LogP contribution >= 0.6 is 0 Å². The number of piperazine rings is 1. The molecule has 9 rings (SSSR count). The number of aromatic hydroxyl groups is 1. The Bertz CT molecular complexity index is 2020. The number of likely N-dealkylation sites (tertiary alicyclic amines) is 2. The van der Waals surface area contributed by atoms with E-state index in [1.807, 2.05) is 6.07 Å². The van der Waals surface area contributed by atoms with Crippen molar-refractivity contribution < 1.29 is 18.6 Å². The summed E-state index contributed by atoms with van der Waals surface area (Å²) in [5.74, 6) is 1.86. The lowest BCUT2D eigenvalue weighted by molar-refractivity contribution is 0.159. The maximum Gasteiger partial charge on any atom is 0.319 e. The fraction of sp³-hybridized carbons (Fsp3) is 0.487. The van der Waals surface area contributed by atoms with E-state index in [9.17, 15) is 9.50 Å². The van der Waals surface area contributed by atoms with Crippen LogP contribution in [0.4, 0.5) is 14.6 Å². The summed E-state index contributed by atoms with van der Waals surface area (Å²) in [5, 5.41) is 15.8. The number of phenols is 1. The highest BCUT2D eigenvalue weighted by atomic mass is 19.1. The van der Waals surface area contributed by atoms with Gasteiger partial charge in [0.2, 0.25) is 0 Å². The molecule has 5 heterocycles. The van der Waals surface area contributed by atoms with E-state index in [1.54, 1.807) is 12.1 Å². The van der Waals surface area contributed by atoms with Gasteiger partial charge in [0, 0.05) is 66.6 Å². The Hall–Kier alpha value is -4.04. The summed E-state index contributed by atoms with van der Waals surface area (Å²) in [6, 6.07) is 10.1. The maximum absolute atomic E-state index is 17.0. The number of hydrogen-bond donors (Lipinski definition) is 2. The third kappa shape index (κ3) is 5.47. The number of benzene rings is 3. The minimum absolute atomic E-state index is 0.0225. The number of anilines is 1. The molecular formula is C39H42F2N6O2. The van der Waals surface area contributed by atoms with Gasteiger partial charge in [0.15, 0.2) is 5.82 Å².